The molecule has 2 atom stereocenters. The molecule has 0 bridgehead atoms. The summed E-state index contributed by atoms with van der Waals surface area (Å²) in [7, 11) is 0. The minimum Gasteiger partial charge on any atom is -0.361 e. The number of urea groups is 1. The van der Waals surface area contributed by atoms with Crippen molar-refractivity contribution in [2.24, 2.45) is 0 Å². The molecule has 1 aromatic heterocycles. The Hall–Kier alpha value is -3.73. The molecule has 0 saturated carbocycles. The predicted molar refractivity (Wildman–Crippen MR) is 175 cm³/mol. The van der Waals surface area contributed by atoms with Crippen molar-refractivity contribution in [1.82, 2.24) is 25.0 Å². The van der Waals surface area contributed by atoms with Gasteiger partial charge in [-0.05, 0) is 48.9 Å². The fraction of sp³-hybridized carbons (Fsp3) is 0.303. The molecule has 6 rings (SSSR count). The van der Waals surface area contributed by atoms with Gasteiger partial charge in [0.2, 0.25) is 11.8 Å². The number of likely N-dealkylation sites (tertiary alicyclic amines) is 1. The first-order chi connectivity index (χ1) is 21.7. The maximum absolute atomic E-state index is 15.0. The molecule has 2 fully saturated rings. The zero-order valence-corrected chi connectivity index (χ0v) is 26.9. The van der Waals surface area contributed by atoms with E-state index in [0.29, 0.717) is 43.3 Å². The second kappa shape index (κ2) is 12.9. The number of carbonyl (C=O) groups is 3. The van der Waals surface area contributed by atoms with Gasteiger partial charge < -0.3 is 25.0 Å². The highest BCUT2D eigenvalue weighted by atomic mass is 35.5. The summed E-state index contributed by atoms with van der Waals surface area (Å²) in [5.74, 6) is -0.986. The van der Waals surface area contributed by atoms with Gasteiger partial charge in [-0.25, -0.2) is 9.18 Å². The van der Waals surface area contributed by atoms with Gasteiger partial charge in [0.05, 0.1) is 17.5 Å². The molecule has 4 aromatic rings. The molecule has 2 aliphatic rings. The highest BCUT2D eigenvalue weighted by molar-refractivity contribution is 8.01. The maximum Gasteiger partial charge on any atom is 0.317 e. The van der Waals surface area contributed by atoms with Crippen LogP contribution in [0.2, 0.25) is 10.0 Å². The van der Waals surface area contributed by atoms with Crippen LogP contribution in [-0.2, 0) is 16.1 Å². The number of benzene rings is 3. The fourth-order valence-electron chi connectivity index (χ4n) is 6.27. The van der Waals surface area contributed by atoms with Crippen LogP contribution in [0.25, 0.3) is 10.9 Å². The quantitative estimate of drug-likeness (QED) is 0.236. The van der Waals surface area contributed by atoms with Crippen LogP contribution in [0.4, 0.5) is 9.18 Å². The van der Waals surface area contributed by atoms with Gasteiger partial charge in [-0.2, -0.15) is 0 Å². The summed E-state index contributed by atoms with van der Waals surface area (Å²) in [6.07, 6.45) is 1.77. The summed E-state index contributed by atoms with van der Waals surface area (Å²) < 4.78 is 13.3. The number of amides is 4. The first kappa shape index (κ1) is 31.3. The highest BCUT2D eigenvalue weighted by Crippen LogP contribution is 2.55. The number of halogens is 3. The van der Waals surface area contributed by atoms with E-state index < -0.39 is 16.6 Å². The normalized spacial score (nSPS) is 20.2. The third-order valence-corrected chi connectivity index (χ3v) is 10.3. The lowest BCUT2D eigenvalue weighted by Crippen LogP contribution is -2.58. The molecule has 3 aromatic carbocycles. The molecule has 2 saturated heterocycles. The second-order valence-electron chi connectivity index (χ2n) is 11.2. The monoisotopic (exact) mass is 667 g/mol. The second-order valence-corrected chi connectivity index (χ2v) is 13.5. The highest BCUT2D eigenvalue weighted by Gasteiger charge is 2.60. The Kier molecular flexibility index (Phi) is 8.99. The van der Waals surface area contributed by atoms with Gasteiger partial charge >= 0.3 is 6.03 Å². The molecule has 45 heavy (non-hydrogen) atoms. The molecular formula is C33H32Cl2FN5O3S. The van der Waals surface area contributed by atoms with E-state index >= 15 is 0 Å². The number of aromatic amines is 1. The van der Waals surface area contributed by atoms with Crippen LogP contribution in [0.15, 0.2) is 77.8 Å². The molecule has 12 heteroatoms. The summed E-state index contributed by atoms with van der Waals surface area (Å²) in [4.78, 5) is 50.9. The first-order valence-corrected chi connectivity index (χ1v) is 16.3. The molecule has 3 heterocycles. The van der Waals surface area contributed by atoms with E-state index in [2.05, 4.69) is 10.3 Å². The van der Waals surface area contributed by atoms with Crippen LogP contribution >= 0.6 is 35.0 Å². The van der Waals surface area contributed by atoms with Crippen molar-refractivity contribution < 1.29 is 18.8 Å². The van der Waals surface area contributed by atoms with E-state index in [1.807, 2.05) is 55.6 Å². The smallest absolute Gasteiger partial charge is 0.317 e. The minimum absolute atomic E-state index is 0.00697. The molecule has 2 N–H and O–H groups in total. The van der Waals surface area contributed by atoms with Gasteiger partial charge in [-0.3, -0.25) is 9.59 Å². The Balaban J connectivity index is 1.46. The van der Waals surface area contributed by atoms with E-state index in [4.69, 9.17) is 23.2 Å². The maximum atomic E-state index is 15.0. The van der Waals surface area contributed by atoms with E-state index in [0.717, 1.165) is 21.4 Å². The number of fused-ring (bicyclic) bond motifs is 1. The van der Waals surface area contributed by atoms with Crippen molar-refractivity contribution in [1.29, 1.82) is 0 Å². The Morgan fingerprint density at radius 2 is 1.76 bits per heavy atom. The molecule has 0 radical (unpaired) electrons. The zero-order valence-electron chi connectivity index (χ0n) is 24.6. The predicted octanol–water partition coefficient (Wildman–Crippen LogP) is 6.49. The summed E-state index contributed by atoms with van der Waals surface area (Å²) in [6.45, 7) is 3.88. The van der Waals surface area contributed by atoms with Crippen LogP contribution in [0, 0.1) is 5.82 Å². The zero-order chi connectivity index (χ0) is 31.7. The van der Waals surface area contributed by atoms with Crippen molar-refractivity contribution in [2.75, 3.05) is 32.7 Å². The Morgan fingerprint density at radius 1 is 1.02 bits per heavy atom. The van der Waals surface area contributed by atoms with Crippen molar-refractivity contribution in [3.8, 4) is 0 Å². The number of aromatic nitrogens is 1. The number of nitrogens with one attached hydrogen (secondary N) is 2. The molecule has 234 valence electrons. The van der Waals surface area contributed by atoms with Crippen LogP contribution in [-0.4, -0.2) is 75.0 Å². The molecule has 0 spiro atoms. The minimum atomic E-state index is -1.27. The summed E-state index contributed by atoms with van der Waals surface area (Å²) in [5, 5.41) is 4.20. The molecular weight excluding hydrogens is 636 g/mol. The lowest BCUT2D eigenvalue weighted by Gasteiger charge is -2.42. The van der Waals surface area contributed by atoms with Crippen LogP contribution in [0.3, 0.4) is 0 Å². The standard InChI is InChI=1S/C33H32Cl2FN5O3S/c1-2-37-32(44)40-14-12-39(13-15-40)31(43)33(45-23-6-4-3-5-7-23)18-29(42)41(20-21-8-11-26(35)27(36)16-21)30(33)25-19-38-28-17-22(34)9-10-24(25)28/h3-11,16-17,19,30,38H,2,12-15,18,20H2,1H3,(H,37,44)/t30?,33-/m1/s1. The van der Waals surface area contributed by atoms with Crippen molar-refractivity contribution in [2.45, 2.75) is 35.6 Å². The Labute approximate surface area is 274 Å². The largest absolute Gasteiger partial charge is 0.361 e. The molecule has 4 amide bonds. The molecule has 0 aliphatic carbocycles. The average Bonchev–Trinajstić information content (AvgIpc) is 3.56. The number of carbonyl (C=O) groups excluding carboxylic acids is 3. The van der Waals surface area contributed by atoms with Gasteiger partial charge in [0.25, 0.3) is 0 Å². The van der Waals surface area contributed by atoms with E-state index in [9.17, 15) is 18.8 Å². The topological polar surface area (TPSA) is 88.8 Å². The number of thioether (sulfide) groups is 1. The lowest BCUT2D eigenvalue weighted by atomic mass is 9.90. The number of piperazine rings is 1. The Morgan fingerprint density at radius 3 is 2.47 bits per heavy atom. The number of hydrogen-bond donors (Lipinski definition) is 2. The van der Waals surface area contributed by atoms with Crippen molar-refractivity contribution >= 4 is 63.7 Å². The van der Waals surface area contributed by atoms with Gasteiger partial charge in [-0.15, -0.1) is 11.8 Å². The average molecular weight is 669 g/mol. The van der Waals surface area contributed by atoms with Crippen molar-refractivity contribution in [3.05, 3.63) is 99.9 Å². The van der Waals surface area contributed by atoms with Gasteiger partial charge in [-0.1, -0.05) is 53.5 Å². The first-order valence-electron chi connectivity index (χ1n) is 14.8. The van der Waals surface area contributed by atoms with Crippen molar-refractivity contribution in [3.63, 3.8) is 0 Å². The third-order valence-electron chi connectivity index (χ3n) is 8.38. The Bertz CT molecular complexity index is 1750. The van der Waals surface area contributed by atoms with Crippen LogP contribution < -0.4 is 5.32 Å². The lowest BCUT2D eigenvalue weighted by molar-refractivity contribution is -0.136. The van der Waals surface area contributed by atoms with E-state index in [1.165, 1.54) is 23.9 Å². The SMILES string of the molecule is CCNC(=O)N1CCN(C(=O)[C@@]2(Sc3ccccc3)CC(=O)N(Cc3ccc(Cl)c(F)c3)C2c2c[nH]c3cc(Cl)ccc23)CC1. The summed E-state index contributed by atoms with van der Waals surface area (Å²) >= 11 is 13.7. The summed E-state index contributed by atoms with van der Waals surface area (Å²) in [5.41, 5.74) is 2.09. The van der Waals surface area contributed by atoms with Crippen LogP contribution in [0.5, 0.6) is 0 Å². The molecule has 8 nitrogen and oxygen atoms in total. The van der Waals surface area contributed by atoms with Gasteiger partial charge in [0.1, 0.15) is 10.6 Å². The summed E-state index contributed by atoms with van der Waals surface area (Å²) in [6, 6.07) is 18.7. The number of H-pyrrole nitrogens is 1. The molecule has 2 aliphatic heterocycles. The number of hydrogen-bond acceptors (Lipinski definition) is 4. The number of rotatable bonds is 7. The number of nitrogens with zero attached hydrogens (tertiary/aromatic N) is 3. The van der Waals surface area contributed by atoms with E-state index in [1.54, 1.807) is 26.8 Å². The van der Waals surface area contributed by atoms with Gasteiger partial charge in [0, 0.05) is 71.8 Å². The van der Waals surface area contributed by atoms with E-state index in [-0.39, 0.29) is 35.8 Å². The third kappa shape index (κ3) is 6.11. The molecule has 1 unspecified atom stereocenters. The fourth-order valence-corrected chi connectivity index (χ4v) is 8.05. The van der Waals surface area contributed by atoms with Crippen LogP contribution in [0.1, 0.15) is 30.5 Å². The van der Waals surface area contributed by atoms with Gasteiger partial charge in [0.15, 0.2) is 0 Å².